The minimum atomic E-state index is -0.803. The summed E-state index contributed by atoms with van der Waals surface area (Å²) in [5.41, 5.74) is 0. The zero-order valence-electron chi connectivity index (χ0n) is 6.92. The maximum atomic E-state index is 10.6. The summed E-state index contributed by atoms with van der Waals surface area (Å²) < 4.78 is 1.69. The Balaban J connectivity index is 2.03. The average Bonchev–Trinajstić information content (AvgIpc) is 2.75. The molecule has 6 heteroatoms. The van der Waals surface area contributed by atoms with E-state index in [0.29, 0.717) is 13.0 Å². The number of aliphatic carboxylic acids is 1. The molecule has 0 bridgehead atoms. The Morgan fingerprint density at radius 2 is 2.54 bits per heavy atom. The predicted molar refractivity (Wildman–Crippen MR) is 43.1 cm³/mol. The first-order valence-electron chi connectivity index (χ1n) is 4.09. The van der Waals surface area contributed by atoms with Crippen LogP contribution in [0.5, 0.6) is 0 Å². The van der Waals surface area contributed by atoms with Gasteiger partial charge in [-0.3, -0.25) is 4.79 Å². The lowest BCUT2D eigenvalue weighted by atomic mass is 10.2. The van der Waals surface area contributed by atoms with Crippen LogP contribution in [0.15, 0.2) is 12.4 Å². The van der Waals surface area contributed by atoms with Crippen LogP contribution in [0.1, 0.15) is 12.5 Å². The van der Waals surface area contributed by atoms with Gasteiger partial charge in [-0.15, -0.1) is 5.10 Å². The van der Waals surface area contributed by atoms with Gasteiger partial charge < -0.3 is 10.4 Å². The molecule has 0 unspecified atom stereocenters. The zero-order valence-corrected chi connectivity index (χ0v) is 6.92. The van der Waals surface area contributed by atoms with Crippen LogP contribution in [0.3, 0.4) is 0 Å². The summed E-state index contributed by atoms with van der Waals surface area (Å²) >= 11 is 0. The second kappa shape index (κ2) is 3.14. The highest BCUT2D eigenvalue weighted by molar-refractivity contribution is 5.73. The highest BCUT2D eigenvalue weighted by atomic mass is 16.4. The molecule has 1 saturated heterocycles. The number of aromatic nitrogens is 3. The Hall–Kier alpha value is -1.43. The summed E-state index contributed by atoms with van der Waals surface area (Å²) in [4.78, 5) is 10.6. The topological polar surface area (TPSA) is 80.0 Å². The van der Waals surface area contributed by atoms with E-state index in [2.05, 4.69) is 15.6 Å². The van der Waals surface area contributed by atoms with Gasteiger partial charge >= 0.3 is 5.97 Å². The number of rotatable bonds is 2. The van der Waals surface area contributed by atoms with Crippen LogP contribution in [0.2, 0.25) is 0 Å². The first-order chi connectivity index (χ1) is 6.27. The normalized spacial score (nSPS) is 27.7. The van der Waals surface area contributed by atoms with Crippen molar-refractivity contribution in [2.45, 2.75) is 18.5 Å². The van der Waals surface area contributed by atoms with Gasteiger partial charge in [0.15, 0.2) is 0 Å². The maximum Gasteiger partial charge on any atom is 0.320 e. The van der Waals surface area contributed by atoms with Crippen molar-refractivity contribution in [1.82, 2.24) is 20.3 Å². The first-order valence-corrected chi connectivity index (χ1v) is 4.09. The molecule has 1 aliphatic heterocycles. The lowest BCUT2D eigenvalue weighted by Gasteiger charge is -2.06. The second-order valence-electron chi connectivity index (χ2n) is 3.07. The van der Waals surface area contributed by atoms with Crippen LogP contribution < -0.4 is 5.32 Å². The smallest absolute Gasteiger partial charge is 0.320 e. The SMILES string of the molecule is O=C(O)[C@H]1C[C@@H](n2ccnn2)CN1. The zero-order chi connectivity index (χ0) is 9.26. The van der Waals surface area contributed by atoms with E-state index in [1.54, 1.807) is 17.1 Å². The monoisotopic (exact) mass is 182 g/mol. The van der Waals surface area contributed by atoms with Gasteiger partial charge in [0, 0.05) is 12.7 Å². The Labute approximate surface area is 74.6 Å². The number of carboxylic acids is 1. The maximum absolute atomic E-state index is 10.6. The minimum Gasteiger partial charge on any atom is -0.480 e. The molecule has 0 radical (unpaired) electrons. The molecule has 1 aromatic rings. The highest BCUT2D eigenvalue weighted by Gasteiger charge is 2.30. The number of carboxylic acid groups (broad SMARTS) is 1. The van der Waals surface area contributed by atoms with E-state index in [1.807, 2.05) is 0 Å². The summed E-state index contributed by atoms with van der Waals surface area (Å²) in [5, 5.41) is 19.1. The van der Waals surface area contributed by atoms with E-state index < -0.39 is 12.0 Å². The van der Waals surface area contributed by atoms with Crippen molar-refractivity contribution in [3.8, 4) is 0 Å². The van der Waals surface area contributed by atoms with E-state index in [1.165, 1.54) is 0 Å². The minimum absolute atomic E-state index is 0.114. The quantitative estimate of drug-likeness (QED) is 0.630. The van der Waals surface area contributed by atoms with Crippen LogP contribution >= 0.6 is 0 Å². The number of nitrogens with zero attached hydrogens (tertiary/aromatic N) is 3. The Bertz CT molecular complexity index is 297. The van der Waals surface area contributed by atoms with Crippen LogP contribution in [0.25, 0.3) is 0 Å². The van der Waals surface area contributed by atoms with Crippen molar-refractivity contribution in [3.63, 3.8) is 0 Å². The van der Waals surface area contributed by atoms with Crippen molar-refractivity contribution in [2.75, 3.05) is 6.54 Å². The molecule has 70 valence electrons. The van der Waals surface area contributed by atoms with Gasteiger partial charge in [0.25, 0.3) is 0 Å². The Morgan fingerprint density at radius 1 is 1.69 bits per heavy atom. The van der Waals surface area contributed by atoms with Gasteiger partial charge in [-0.2, -0.15) is 0 Å². The molecule has 13 heavy (non-hydrogen) atoms. The molecule has 0 aliphatic carbocycles. The number of nitrogens with one attached hydrogen (secondary N) is 1. The van der Waals surface area contributed by atoms with E-state index >= 15 is 0 Å². The number of hydrogen-bond donors (Lipinski definition) is 2. The fraction of sp³-hybridized carbons (Fsp3) is 0.571. The summed E-state index contributed by atoms with van der Waals surface area (Å²) in [5.74, 6) is -0.803. The molecular formula is C7H10N4O2. The Morgan fingerprint density at radius 3 is 3.08 bits per heavy atom. The van der Waals surface area contributed by atoms with Crippen molar-refractivity contribution in [2.24, 2.45) is 0 Å². The van der Waals surface area contributed by atoms with Gasteiger partial charge in [0.1, 0.15) is 6.04 Å². The third-order valence-corrected chi connectivity index (χ3v) is 2.22. The number of hydrogen-bond acceptors (Lipinski definition) is 4. The van der Waals surface area contributed by atoms with Gasteiger partial charge in [0.05, 0.1) is 12.2 Å². The van der Waals surface area contributed by atoms with Crippen molar-refractivity contribution in [3.05, 3.63) is 12.4 Å². The molecule has 1 fully saturated rings. The summed E-state index contributed by atoms with van der Waals surface area (Å²) in [7, 11) is 0. The summed E-state index contributed by atoms with van der Waals surface area (Å²) in [6, 6.07) is -0.335. The van der Waals surface area contributed by atoms with Crippen molar-refractivity contribution >= 4 is 5.97 Å². The van der Waals surface area contributed by atoms with Crippen molar-refractivity contribution < 1.29 is 9.90 Å². The fourth-order valence-electron chi connectivity index (χ4n) is 1.52. The predicted octanol–water partition coefficient (Wildman–Crippen LogP) is -0.734. The van der Waals surface area contributed by atoms with Gasteiger partial charge in [0.2, 0.25) is 0 Å². The molecule has 2 atom stereocenters. The highest BCUT2D eigenvalue weighted by Crippen LogP contribution is 2.17. The van der Waals surface area contributed by atoms with Crippen LogP contribution in [0.4, 0.5) is 0 Å². The lowest BCUT2D eigenvalue weighted by molar-refractivity contribution is -0.139. The number of carbonyl (C=O) groups is 1. The van der Waals surface area contributed by atoms with Crippen LogP contribution in [0, 0.1) is 0 Å². The molecule has 0 saturated carbocycles. The summed E-state index contributed by atoms with van der Waals surface area (Å²) in [6.07, 6.45) is 3.91. The molecule has 0 amide bonds. The molecule has 1 aliphatic rings. The largest absolute Gasteiger partial charge is 0.480 e. The second-order valence-corrected chi connectivity index (χ2v) is 3.07. The Kier molecular flexibility index (Phi) is 1.97. The molecule has 2 rings (SSSR count). The third-order valence-electron chi connectivity index (χ3n) is 2.22. The van der Waals surface area contributed by atoms with Crippen LogP contribution in [-0.4, -0.2) is 38.7 Å². The summed E-state index contributed by atoms with van der Waals surface area (Å²) in [6.45, 7) is 0.639. The molecule has 0 aromatic carbocycles. The molecule has 1 aromatic heterocycles. The molecule has 2 heterocycles. The van der Waals surface area contributed by atoms with Gasteiger partial charge in [-0.05, 0) is 6.42 Å². The average molecular weight is 182 g/mol. The van der Waals surface area contributed by atoms with E-state index in [4.69, 9.17) is 5.11 Å². The first kappa shape index (κ1) is 8.18. The fourth-order valence-corrected chi connectivity index (χ4v) is 1.52. The van der Waals surface area contributed by atoms with E-state index in [0.717, 1.165) is 0 Å². The molecule has 0 spiro atoms. The van der Waals surface area contributed by atoms with Crippen molar-refractivity contribution in [1.29, 1.82) is 0 Å². The van der Waals surface area contributed by atoms with Gasteiger partial charge in [-0.25, -0.2) is 4.68 Å². The molecular weight excluding hydrogens is 172 g/mol. The lowest BCUT2D eigenvalue weighted by Crippen LogP contribution is -2.29. The van der Waals surface area contributed by atoms with E-state index in [-0.39, 0.29) is 6.04 Å². The van der Waals surface area contributed by atoms with Gasteiger partial charge in [-0.1, -0.05) is 5.21 Å². The third kappa shape index (κ3) is 1.52. The standard InChI is InChI=1S/C7H10N4O2/c12-7(13)6-3-5(4-8-6)11-2-1-9-10-11/h1-2,5-6,8H,3-4H2,(H,12,13)/t5-,6-/m1/s1. The molecule has 6 nitrogen and oxygen atoms in total. The molecule has 2 N–H and O–H groups in total. The van der Waals surface area contributed by atoms with E-state index in [9.17, 15) is 4.79 Å². The van der Waals surface area contributed by atoms with Crippen LogP contribution in [-0.2, 0) is 4.79 Å².